The fraction of sp³-hybridized carbons (Fsp3) is 0.192. The standard InChI is InChI=1S/C26H24N4OS/c1-31-23-11-10-16(14-17(23)15-32-26-29-21-8-4-5-9-22(21)30-26)24-25-19(12-13-27-24)18-6-2-3-7-20(18)28-25/h2-11,14,24,27-28H,12-13,15H2,1H3,(H,29,30)/t24-/m1/s1. The van der Waals surface area contributed by atoms with Crippen LogP contribution in [-0.2, 0) is 12.2 Å². The van der Waals surface area contributed by atoms with Crippen LogP contribution < -0.4 is 10.1 Å². The van der Waals surface area contributed by atoms with Crippen LogP contribution in [0.1, 0.15) is 28.4 Å². The number of para-hydroxylation sites is 3. The molecule has 1 aliphatic rings. The quantitative estimate of drug-likeness (QED) is 0.312. The molecule has 5 aromatic rings. The van der Waals surface area contributed by atoms with E-state index < -0.39 is 0 Å². The van der Waals surface area contributed by atoms with Crippen LogP contribution >= 0.6 is 11.8 Å². The van der Waals surface area contributed by atoms with Gasteiger partial charge in [-0.2, -0.15) is 0 Å². The summed E-state index contributed by atoms with van der Waals surface area (Å²) in [6, 6.07) is 23.4. The Labute approximate surface area is 190 Å². The van der Waals surface area contributed by atoms with E-state index in [0.717, 1.165) is 40.7 Å². The maximum atomic E-state index is 5.68. The van der Waals surface area contributed by atoms with Crippen molar-refractivity contribution in [3.63, 3.8) is 0 Å². The molecule has 2 aromatic heterocycles. The number of hydrogen-bond acceptors (Lipinski definition) is 4. The van der Waals surface area contributed by atoms with Crippen LogP contribution in [0.4, 0.5) is 0 Å². The lowest BCUT2D eigenvalue weighted by atomic mass is 9.93. The molecule has 1 aliphatic heterocycles. The Morgan fingerprint density at radius 2 is 1.84 bits per heavy atom. The van der Waals surface area contributed by atoms with Crippen LogP contribution in [0, 0.1) is 0 Å². The summed E-state index contributed by atoms with van der Waals surface area (Å²) in [5, 5.41) is 5.97. The fourth-order valence-corrected chi connectivity index (χ4v) is 5.56. The van der Waals surface area contributed by atoms with Gasteiger partial charge in [-0.25, -0.2) is 4.98 Å². The van der Waals surface area contributed by atoms with Crippen molar-refractivity contribution in [2.45, 2.75) is 23.4 Å². The molecule has 0 saturated carbocycles. The molecule has 32 heavy (non-hydrogen) atoms. The number of H-pyrrole nitrogens is 2. The van der Waals surface area contributed by atoms with E-state index in [4.69, 9.17) is 9.72 Å². The van der Waals surface area contributed by atoms with Gasteiger partial charge in [0.05, 0.1) is 24.2 Å². The second kappa shape index (κ2) is 8.04. The molecular weight excluding hydrogens is 416 g/mol. The second-order valence-corrected chi connectivity index (χ2v) is 9.08. The molecule has 0 unspecified atom stereocenters. The molecule has 0 bridgehead atoms. The number of aromatic nitrogens is 3. The second-order valence-electron chi connectivity index (χ2n) is 8.12. The zero-order valence-corrected chi connectivity index (χ0v) is 18.6. The van der Waals surface area contributed by atoms with E-state index in [2.05, 4.69) is 63.8 Å². The van der Waals surface area contributed by atoms with E-state index >= 15 is 0 Å². The molecule has 1 atom stereocenters. The van der Waals surface area contributed by atoms with Gasteiger partial charge in [-0.15, -0.1) is 0 Å². The van der Waals surface area contributed by atoms with Gasteiger partial charge in [-0.1, -0.05) is 48.2 Å². The van der Waals surface area contributed by atoms with E-state index in [0.29, 0.717) is 0 Å². The van der Waals surface area contributed by atoms with Crippen LogP contribution in [0.15, 0.2) is 71.9 Å². The molecule has 0 fully saturated rings. The molecule has 0 aliphatic carbocycles. The Kier molecular flexibility index (Phi) is 4.89. The average Bonchev–Trinajstić information content (AvgIpc) is 3.43. The number of nitrogens with one attached hydrogen (secondary N) is 3. The van der Waals surface area contributed by atoms with Gasteiger partial charge >= 0.3 is 0 Å². The predicted molar refractivity (Wildman–Crippen MR) is 130 cm³/mol. The Morgan fingerprint density at radius 1 is 1.00 bits per heavy atom. The first kappa shape index (κ1) is 19.5. The molecule has 3 N–H and O–H groups in total. The van der Waals surface area contributed by atoms with Gasteiger partial charge < -0.3 is 20.0 Å². The smallest absolute Gasteiger partial charge is 0.166 e. The Bertz CT molecular complexity index is 1390. The van der Waals surface area contributed by atoms with Crippen molar-refractivity contribution in [2.75, 3.05) is 13.7 Å². The molecule has 3 heterocycles. The molecule has 0 spiro atoms. The Balaban J connectivity index is 1.32. The van der Waals surface area contributed by atoms with E-state index in [1.807, 2.05) is 18.2 Å². The Morgan fingerprint density at radius 3 is 2.72 bits per heavy atom. The molecule has 0 radical (unpaired) electrons. The summed E-state index contributed by atoms with van der Waals surface area (Å²) in [5.74, 6) is 1.69. The number of imidazole rings is 1. The number of nitrogens with zero attached hydrogens (tertiary/aromatic N) is 1. The highest BCUT2D eigenvalue weighted by molar-refractivity contribution is 7.98. The third-order valence-electron chi connectivity index (χ3n) is 6.23. The maximum Gasteiger partial charge on any atom is 0.166 e. The van der Waals surface area contributed by atoms with Gasteiger partial charge in [0.2, 0.25) is 0 Å². The highest BCUT2D eigenvalue weighted by Gasteiger charge is 2.25. The lowest BCUT2D eigenvalue weighted by molar-refractivity contribution is 0.411. The summed E-state index contributed by atoms with van der Waals surface area (Å²) < 4.78 is 5.68. The van der Waals surface area contributed by atoms with Crippen LogP contribution in [0.5, 0.6) is 5.75 Å². The molecule has 0 saturated heterocycles. The normalized spacial score (nSPS) is 15.8. The zero-order valence-electron chi connectivity index (χ0n) is 17.8. The van der Waals surface area contributed by atoms with E-state index in [1.54, 1.807) is 18.9 Å². The molecule has 6 heteroatoms. The lowest BCUT2D eigenvalue weighted by Crippen LogP contribution is -2.30. The van der Waals surface area contributed by atoms with Crippen LogP contribution in [0.3, 0.4) is 0 Å². The highest BCUT2D eigenvalue weighted by Crippen LogP contribution is 2.36. The van der Waals surface area contributed by atoms with Crippen LogP contribution in [0.2, 0.25) is 0 Å². The fourth-order valence-electron chi connectivity index (χ4n) is 4.70. The summed E-state index contributed by atoms with van der Waals surface area (Å²) in [4.78, 5) is 11.8. The van der Waals surface area contributed by atoms with Gasteiger partial charge in [0.1, 0.15) is 5.75 Å². The van der Waals surface area contributed by atoms with E-state index in [9.17, 15) is 0 Å². The number of rotatable bonds is 5. The summed E-state index contributed by atoms with van der Waals surface area (Å²) in [6.07, 6.45) is 1.04. The molecule has 0 amide bonds. The number of fused-ring (bicyclic) bond motifs is 4. The third kappa shape index (κ3) is 3.36. The summed E-state index contributed by atoms with van der Waals surface area (Å²) >= 11 is 1.70. The minimum atomic E-state index is 0.145. The first-order valence-electron chi connectivity index (χ1n) is 10.9. The summed E-state index contributed by atoms with van der Waals surface area (Å²) in [7, 11) is 1.74. The van der Waals surface area contributed by atoms with Crippen molar-refractivity contribution >= 4 is 33.7 Å². The van der Waals surface area contributed by atoms with Gasteiger partial charge in [-0.3, -0.25) is 0 Å². The van der Waals surface area contributed by atoms with Crippen molar-refractivity contribution in [1.29, 1.82) is 0 Å². The Hall–Kier alpha value is -3.22. The molecule has 3 aromatic carbocycles. The lowest BCUT2D eigenvalue weighted by Gasteiger charge is -2.25. The van der Waals surface area contributed by atoms with Crippen molar-refractivity contribution in [3.8, 4) is 5.75 Å². The van der Waals surface area contributed by atoms with Gasteiger partial charge in [0.25, 0.3) is 0 Å². The number of methoxy groups -OCH3 is 1. The molecule has 160 valence electrons. The zero-order chi connectivity index (χ0) is 21.5. The SMILES string of the molecule is COc1ccc([C@H]2NCCc3c2[nH]c2ccccc32)cc1CSc1nc2ccccc2[nH]1. The van der Waals surface area contributed by atoms with Gasteiger partial charge in [0, 0.05) is 34.5 Å². The van der Waals surface area contributed by atoms with Crippen molar-refractivity contribution < 1.29 is 4.74 Å². The molecule has 6 rings (SSSR count). The monoisotopic (exact) mass is 440 g/mol. The number of ether oxygens (including phenoxy) is 1. The predicted octanol–water partition coefficient (Wildman–Crippen LogP) is 5.58. The summed E-state index contributed by atoms with van der Waals surface area (Å²) in [5.41, 5.74) is 8.39. The molecular formula is C26H24N4OS. The number of aromatic amines is 2. The third-order valence-corrected chi connectivity index (χ3v) is 7.15. The topological polar surface area (TPSA) is 65.7 Å². The van der Waals surface area contributed by atoms with Crippen molar-refractivity contribution in [1.82, 2.24) is 20.3 Å². The maximum absolute atomic E-state index is 5.68. The first-order valence-corrected chi connectivity index (χ1v) is 11.9. The van der Waals surface area contributed by atoms with Gasteiger partial charge in [-0.05, 0) is 47.9 Å². The average molecular weight is 441 g/mol. The van der Waals surface area contributed by atoms with Crippen molar-refractivity contribution in [3.05, 3.63) is 89.1 Å². The first-order chi connectivity index (χ1) is 15.8. The number of thioether (sulfide) groups is 1. The minimum Gasteiger partial charge on any atom is -0.496 e. The number of hydrogen-bond donors (Lipinski definition) is 3. The minimum absolute atomic E-state index is 0.145. The van der Waals surface area contributed by atoms with E-state index in [-0.39, 0.29) is 6.04 Å². The van der Waals surface area contributed by atoms with Crippen molar-refractivity contribution in [2.24, 2.45) is 0 Å². The van der Waals surface area contributed by atoms with Crippen LogP contribution in [-0.4, -0.2) is 28.6 Å². The van der Waals surface area contributed by atoms with Crippen LogP contribution in [0.25, 0.3) is 21.9 Å². The van der Waals surface area contributed by atoms with Gasteiger partial charge in [0.15, 0.2) is 5.16 Å². The summed E-state index contributed by atoms with van der Waals surface area (Å²) in [6.45, 7) is 0.967. The van der Waals surface area contributed by atoms with E-state index in [1.165, 1.54) is 33.3 Å². The number of benzene rings is 3. The largest absolute Gasteiger partial charge is 0.496 e. The highest BCUT2D eigenvalue weighted by atomic mass is 32.2. The molecule has 5 nitrogen and oxygen atoms in total.